The molecule has 174 valence electrons. The molecule has 3 rings (SSSR count). The zero-order chi connectivity index (χ0) is 23.7. The van der Waals surface area contributed by atoms with Crippen LogP contribution in [0.4, 0.5) is 0 Å². The van der Waals surface area contributed by atoms with Crippen LogP contribution in [-0.2, 0) is 19.5 Å². The molecule has 0 saturated heterocycles. The molecule has 0 radical (unpaired) electrons. The number of oxime groups is 1. The maximum Gasteiger partial charge on any atom is 0.264 e. The minimum atomic E-state index is -3.81. The van der Waals surface area contributed by atoms with Crippen molar-refractivity contribution in [2.45, 2.75) is 62.9 Å². The van der Waals surface area contributed by atoms with E-state index in [1.165, 1.54) is 12.4 Å². The van der Waals surface area contributed by atoms with Crippen molar-refractivity contribution in [3.05, 3.63) is 35.4 Å². The zero-order valence-corrected chi connectivity index (χ0v) is 19.6. The van der Waals surface area contributed by atoms with E-state index < -0.39 is 32.2 Å². The van der Waals surface area contributed by atoms with Crippen LogP contribution >= 0.6 is 0 Å². The van der Waals surface area contributed by atoms with Crippen LogP contribution in [0.1, 0.15) is 57.6 Å². The second-order valence-corrected chi connectivity index (χ2v) is 11.9. The number of benzene rings is 1. The first kappa shape index (κ1) is 24.2. The lowest BCUT2D eigenvalue weighted by atomic mass is 9.68. The van der Waals surface area contributed by atoms with E-state index >= 15 is 0 Å². The van der Waals surface area contributed by atoms with E-state index in [0.717, 1.165) is 30.2 Å². The van der Waals surface area contributed by atoms with Gasteiger partial charge in [-0.15, -0.1) is 0 Å². The number of nitrogens with zero attached hydrogens (tertiary/aromatic N) is 1. The summed E-state index contributed by atoms with van der Waals surface area (Å²) in [6.07, 6.45) is 2.36. The molecule has 1 aliphatic carbocycles. The van der Waals surface area contributed by atoms with Gasteiger partial charge in [-0.2, -0.15) is 0 Å². The van der Waals surface area contributed by atoms with Gasteiger partial charge in [-0.25, -0.2) is 13.9 Å². The highest BCUT2D eigenvalue weighted by atomic mass is 32.2. The Kier molecular flexibility index (Phi) is 6.70. The van der Waals surface area contributed by atoms with Gasteiger partial charge < -0.3 is 9.94 Å². The largest absolute Gasteiger partial charge is 0.392 e. The zero-order valence-electron chi connectivity index (χ0n) is 18.8. The van der Waals surface area contributed by atoms with E-state index in [-0.39, 0.29) is 6.42 Å². The quantitative estimate of drug-likeness (QED) is 0.337. The average molecular weight is 463 g/mol. The van der Waals surface area contributed by atoms with Gasteiger partial charge in [0, 0.05) is 30.6 Å². The maximum atomic E-state index is 12.1. The number of rotatable bonds is 6. The number of hydroxylamine groups is 1. The second-order valence-electron chi connectivity index (χ2n) is 9.48. The molecule has 9 heteroatoms. The van der Waals surface area contributed by atoms with E-state index in [1.54, 1.807) is 0 Å². The van der Waals surface area contributed by atoms with E-state index in [9.17, 15) is 18.3 Å². The summed E-state index contributed by atoms with van der Waals surface area (Å²) in [5, 5.41) is 23.0. The molecule has 32 heavy (non-hydrogen) atoms. The van der Waals surface area contributed by atoms with E-state index in [4.69, 9.17) is 10.0 Å². The van der Waals surface area contributed by atoms with Crippen molar-refractivity contribution in [2.24, 2.45) is 17.0 Å². The topological polar surface area (TPSA) is 125 Å². The maximum absolute atomic E-state index is 12.1. The molecule has 0 unspecified atom stereocenters. The van der Waals surface area contributed by atoms with Gasteiger partial charge in [-0.05, 0) is 57.2 Å². The van der Waals surface area contributed by atoms with Crippen LogP contribution in [0.2, 0.25) is 0 Å². The molecule has 1 aromatic carbocycles. The smallest absolute Gasteiger partial charge is 0.264 e. The molecule has 3 N–H and O–H groups in total. The first-order valence-corrected chi connectivity index (χ1v) is 12.4. The van der Waals surface area contributed by atoms with Gasteiger partial charge in [0.2, 0.25) is 0 Å². The molecule has 0 aromatic heterocycles. The van der Waals surface area contributed by atoms with Crippen molar-refractivity contribution >= 4 is 21.5 Å². The first-order chi connectivity index (χ1) is 14.8. The highest BCUT2D eigenvalue weighted by molar-refractivity contribution is 7.92. The van der Waals surface area contributed by atoms with Gasteiger partial charge in [-0.1, -0.05) is 29.1 Å². The fourth-order valence-electron chi connectivity index (χ4n) is 3.92. The Labute approximate surface area is 188 Å². The molecule has 2 atom stereocenters. The summed E-state index contributed by atoms with van der Waals surface area (Å²) in [5.74, 6) is 6.03. The van der Waals surface area contributed by atoms with Gasteiger partial charge in [0.15, 0.2) is 14.6 Å². The molecule has 1 aliphatic heterocycles. The summed E-state index contributed by atoms with van der Waals surface area (Å²) in [6.45, 7) is 4.93. The van der Waals surface area contributed by atoms with Crippen molar-refractivity contribution in [3.8, 4) is 11.8 Å². The third-order valence-electron chi connectivity index (χ3n) is 6.53. The van der Waals surface area contributed by atoms with Crippen molar-refractivity contribution in [1.29, 1.82) is 0 Å². The lowest BCUT2D eigenvalue weighted by Gasteiger charge is -2.40. The monoisotopic (exact) mass is 462 g/mol. The SMILES string of the molecule is CC(C)(O)[C@H]1C[C@H](C#Cc2ccc(C3=NO[C@@H](C[C@](C)(C(=O)NO)S(C)(=O)=O)C3)cc2)C1. The van der Waals surface area contributed by atoms with Crippen LogP contribution in [0.25, 0.3) is 0 Å². The lowest BCUT2D eigenvalue weighted by Crippen LogP contribution is -2.51. The Morgan fingerprint density at radius 1 is 1.25 bits per heavy atom. The molecule has 0 bridgehead atoms. The van der Waals surface area contributed by atoms with Gasteiger partial charge in [0.25, 0.3) is 5.91 Å². The van der Waals surface area contributed by atoms with Gasteiger partial charge in [0.05, 0.1) is 11.3 Å². The van der Waals surface area contributed by atoms with E-state index in [0.29, 0.717) is 24.0 Å². The molecular formula is C23H30N2O6S. The number of aliphatic hydroxyl groups is 1. The van der Waals surface area contributed by atoms with Gasteiger partial charge in [-0.3, -0.25) is 10.0 Å². The summed E-state index contributed by atoms with van der Waals surface area (Å²) in [5.41, 5.74) is 3.15. The molecule has 1 fully saturated rings. The fraction of sp³-hybridized carbons (Fsp3) is 0.565. The molecule has 1 saturated carbocycles. The van der Waals surface area contributed by atoms with Crippen molar-refractivity contribution < 1.29 is 28.4 Å². The second kappa shape index (κ2) is 8.85. The highest BCUT2D eigenvalue weighted by Gasteiger charge is 2.47. The van der Waals surface area contributed by atoms with Gasteiger partial charge in [0.1, 0.15) is 6.10 Å². The van der Waals surface area contributed by atoms with Crippen LogP contribution in [0.15, 0.2) is 29.4 Å². The number of carbonyl (C=O) groups is 1. The normalized spacial score (nSPS) is 24.8. The Bertz CT molecular complexity index is 1060. The minimum absolute atomic E-state index is 0.137. The molecule has 0 spiro atoms. The number of carbonyl (C=O) groups excluding carboxylic acids is 1. The Morgan fingerprint density at radius 2 is 1.88 bits per heavy atom. The Hall–Kier alpha value is -2.41. The molecule has 1 amide bonds. The summed E-state index contributed by atoms with van der Waals surface area (Å²) < 4.78 is 22.5. The Balaban J connectivity index is 1.59. The number of sulfone groups is 1. The summed E-state index contributed by atoms with van der Waals surface area (Å²) in [7, 11) is -3.81. The van der Waals surface area contributed by atoms with Gasteiger partial charge >= 0.3 is 0 Å². The van der Waals surface area contributed by atoms with Crippen LogP contribution in [0.3, 0.4) is 0 Å². The fourth-order valence-corrected chi connectivity index (χ4v) is 4.79. The van der Waals surface area contributed by atoms with Crippen LogP contribution < -0.4 is 5.48 Å². The summed E-state index contributed by atoms with van der Waals surface area (Å²) in [6, 6.07) is 7.55. The molecule has 8 nitrogen and oxygen atoms in total. The third-order valence-corrected chi connectivity index (χ3v) is 8.52. The van der Waals surface area contributed by atoms with Crippen LogP contribution in [-0.4, -0.2) is 53.1 Å². The Morgan fingerprint density at radius 3 is 2.41 bits per heavy atom. The standard InChI is InChI=1S/C23H30N2O6S/c1-22(2,27)18-11-16(12-18)6-5-15-7-9-17(10-8-15)20-13-19(31-25-20)14-23(3,21(26)24-28)32(4,29)30/h7-10,16,18-19,27-28H,11-14H2,1-4H3,(H,24,26)/t16-,18-,19-,23-/m1/s1. The van der Waals surface area contributed by atoms with Crippen molar-refractivity contribution in [1.82, 2.24) is 5.48 Å². The van der Waals surface area contributed by atoms with Crippen molar-refractivity contribution in [2.75, 3.05) is 6.26 Å². The number of hydrogen-bond acceptors (Lipinski definition) is 7. The average Bonchev–Trinajstić information content (AvgIpc) is 3.12. The number of hydrogen-bond donors (Lipinski definition) is 3. The van der Waals surface area contributed by atoms with Crippen LogP contribution in [0.5, 0.6) is 0 Å². The molecule has 2 aliphatic rings. The minimum Gasteiger partial charge on any atom is -0.392 e. The summed E-state index contributed by atoms with van der Waals surface area (Å²) in [4.78, 5) is 17.4. The molecule has 1 heterocycles. The number of nitrogens with one attached hydrogen (secondary N) is 1. The molecular weight excluding hydrogens is 432 g/mol. The predicted octanol–water partition coefficient (Wildman–Crippen LogP) is 2.03. The third kappa shape index (κ3) is 5.14. The predicted molar refractivity (Wildman–Crippen MR) is 120 cm³/mol. The first-order valence-electron chi connectivity index (χ1n) is 10.5. The highest BCUT2D eigenvalue weighted by Crippen LogP contribution is 2.40. The van der Waals surface area contributed by atoms with E-state index in [2.05, 4.69) is 17.0 Å². The lowest BCUT2D eigenvalue weighted by molar-refractivity contribution is -0.132. The summed E-state index contributed by atoms with van der Waals surface area (Å²) >= 11 is 0. The van der Waals surface area contributed by atoms with Crippen LogP contribution in [0, 0.1) is 23.7 Å². The van der Waals surface area contributed by atoms with E-state index in [1.807, 2.05) is 38.1 Å². The number of amides is 1. The van der Waals surface area contributed by atoms with Crippen molar-refractivity contribution in [3.63, 3.8) is 0 Å². The molecule has 1 aromatic rings.